The fraction of sp³-hybridized carbons (Fsp3) is 0.227. The lowest BCUT2D eigenvalue weighted by molar-refractivity contribution is -0.123. The third kappa shape index (κ3) is 4.61. The van der Waals surface area contributed by atoms with E-state index >= 15 is 0 Å². The quantitative estimate of drug-likeness (QED) is 0.585. The van der Waals surface area contributed by atoms with Crippen molar-refractivity contribution < 1.29 is 19.1 Å². The number of anilines is 1. The topological polar surface area (TPSA) is 133 Å². The summed E-state index contributed by atoms with van der Waals surface area (Å²) in [4.78, 5) is 49.0. The molecule has 1 atom stereocenters. The van der Waals surface area contributed by atoms with Crippen molar-refractivity contribution in [1.82, 2.24) is 9.78 Å². The second kappa shape index (κ2) is 8.78. The normalized spacial score (nSPS) is 11.9. The highest BCUT2D eigenvalue weighted by atomic mass is 16.5. The van der Waals surface area contributed by atoms with Gasteiger partial charge in [-0.15, -0.1) is 0 Å². The van der Waals surface area contributed by atoms with E-state index in [-0.39, 0.29) is 17.3 Å². The minimum absolute atomic E-state index is 0.0469. The van der Waals surface area contributed by atoms with Gasteiger partial charge in [-0.1, -0.05) is 18.2 Å². The Kier molecular flexibility index (Phi) is 6.15. The highest BCUT2D eigenvalue weighted by Crippen LogP contribution is 2.17. The number of amides is 2. The Labute approximate surface area is 177 Å². The zero-order chi connectivity index (χ0) is 22.7. The molecule has 2 aromatic carbocycles. The summed E-state index contributed by atoms with van der Waals surface area (Å²) in [5.74, 6) is -1.97. The summed E-state index contributed by atoms with van der Waals surface area (Å²) in [5, 5.41) is 7.46. The van der Waals surface area contributed by atoms with Gasteiger partial charge in [0.2, 0.25) is 5.91 Å². The van der Waals surface area contributed by atoms with Crippen LogP contribution < -0.4 is 16.6 Å². The number of fused-ring (bicyclic) bond motifs is 1. The monoisotopic (exact) mass is 422 g/mol. The highest BCUT2D eigenvalue weighted by molar-refractivity contribution is 6.04. The summed E-state index contributed by atoms with van der Waals surface area (Å²) in [6, 6.07) is 12.3. The van der Waals surface area contributed by atoms with Crippen LogP contribution in [0.2, 0.25) is 0 Å². The molecule has 0 saturated heterocycles. The molecule has 31 heavy (non-hydrogen) atoms. The minimum atomic E-state index is -1.14. The number of benzene rings is 2. The van der Waals surface area contributed by atoms with E-state index in [4.69, 9.17) is 10.5 Å². The van der Waals surface area contributed by atoms with Gasteiger partial charge in [-0.2, -0.15) is 5.10 Å². The summed E-state index contributed by atoms with van der Waals surface area (Å²) in [7, 11) is 0. The molecule has 1 aromatic heterocycles. The van der Waals surface area contributed by atoms with Gasteiger partial charge in [0.15, 0.2) is 11.8 Å². The number of nitrogens with two attached hydrogens (primary N) is 1. The number of nitrogens with zero attached hydrogens (tertiary/aromatic N) is 2. The number of esters is 1. The maximum Gasteiger partial charge on any atom is 0.360 e. The number of nitrogens with one attached hydrogen (secondary N) is 1. The van der Waals surface area contributed by atoms with Gasteiger partial charge in [-0.25, -0.2) is 9.48 Å². The molecule has 3 rings (SSSR count). The zero-order valence-electron chi connectivity index (χ0n) is 17.3. The Morgan fingerprint density at radius 2 is 1.61 bits per heavy atom. The molecule has 1 unspecified atom stereocenters. The molecule has 2 amide bonds. The number of ether oxygens (including phenoxy) is 1. The van der Waals surface area contributed by atoms with Crippen LogP contribution in [0.25, 0.3) is 10.8 Å². The minimum Gasteiger partial charge on any atom is -0.448 e. The molecule has 0 aliphatic carbocycles. The molecule has 9 nitrogen and oxygen atoms in total. The number of carbonyl (C=O) groups is 3. The molecule has 0 fully saturated rings. The Bertz CT molecular complexity index is 1210. The first-order valence-electron chi connectivity index (χ1n) is 9.62. The molecule has 0 spiro atoms. The molecule has 3 aromatic rings. The maximum absolute atomic E-state index is 12.8. The number of hydrogen-bond acceptors (Lipinski definition) is 6. The second-order valence-electron chi connectivity index (χ2n) is 7.22. The van der Waals surface area contributed by atoms with Crippen LogP contribution in [0.5, 0.6) is 0 Å². The predicted molar refractivity (Wildman–Crippen MR) is 115 cm³/mol. The van der Waals surface area contributed by atoms with Crippen LogP contribution in [-0.2, 0) is 9.53 Å². The predicted octanol–water partition coefficient (Wildman–Crippen LogP) is 2.26. The fourth-order valence-corrected chi connectivity index (χ4v) is 2.94. The number of hydrogen-bond donors (Lipinski definition) is 2. The number of carbonyl (C=O) groups excluding carboxylic acids is 3. The Morgan fingerprint density at radius 3 is 2.19 bits per heavy atom. The standard InChI is InChI=1S/C22H22N4O5/c1-12(2)26-21(29)17-7-5-4-6-16(17)18(25-26)22(30)31-13(3)20(28)24-15-10-8-14(9-11-15)19(23)27/h4-13H,1-3H3,(H2,23,27)(H,24,28). The third-order valence-corrected chi connectivity index (χ3v) is 4.60. The maximum atomic E-state index is 12.8. The first-order valence-corrected chi connectivity index (χ1v) is 9.62. The lowest BCUT2D eigenvalue weighted by Crippen LogP contribution is -2.32. The molecule has 9 heteroatoms. The van der Waals surface area contributed by atoms with E-state index in [2.05, 4.69) is 10.4 Å². The smallest absolute Gasteiger partial charge is 0.360 e. The average Bonchev–Trinajstić information content (AvgIpc) is 2.74. The molecule has 3 N–H and O–H groups in total. The molecule has 0 aliphatic heterocycles. The summed E-state index contributed by atoms with van der Waals surface area (Å²) < 4.78 is 6.52. The molecule has 0 radical (unpaired) electrons. The Hall–Kier alpha value is -4.01. The van der Waals surface area contributed by atoms with Gasteiger partial charge in [0, 0.05) is 16.6 Å². The van der Waals surface area contributed by atoms with Crippen LogP contribution in [0.4, 0.5) is 5.69 Å². The van der Waals surface area contributed by atoms with E-state index in [0.29, 0.717) is 22.0 Å². The Balaban J connectivity index is 1.81. The first kappa shape index (κ1) is 21.7. The Morgan fingerprint density at radius 1 is 1.00 bits per heavy atom. The van der Waals surface area contributed by atoms with Crippen molar-refractivity contribution in [2.75, 3.05) is 5.32 Å². The van der Waals surface area contributed by atoms with Crippen LogP contribution in [0.15, 0.2) is 53.3 Å². The number of primary amides is 1. The largest absolute Gasteiger partial charge is 0.448 e. The molecular formula is C22H22N4O5. The van der Waals surface area contributed by atoms with Crippen molar-refractivity contribution in [2.24, 2.45) is 5.73 Å². The summed E-state index contributed by atoms with van der Waals surface area (Å²) in [5.41, 5.74) is 5.54. The molecule has 0 bridgehead atoms. The number of aromatic nitrogens is 2. The van der Waals surface area contributed by atoms with Gasteiger partial charge in [-0.05, 0) is 51.1 Å². The zero-order valence-corrected chi connectivity index (χ0v) is 17.3. The summed E-state index contributed by atoms with van der Waals surface area (Å²) >= 11 is 0. The molecule has 0 aliphatic rings. The fourth-order valence-electron chi connectivity index (χ4n) is 2.94. The SMILES string of the molecule is CC(OC(=O)c1nn(C(C)C)c(=O)c2ccccc12)C(=O)Nc1ccc(C(N)=O)cc1. The van der Waals surface area contributed by atoms with E-state index in [1.165, 1.54) is 35.9 Å². The third-order valence-electron chi connectivity index (χ3n) is 4.60. The number of rotatable bonds is 6. The van der Waals surface area contributed by atoms with E-state index in [0.717, 1.165) is 0 Å². The van der Waals surface area contributed by atoms with Crippen molar-refractivity contribution in [1.29, 1.82) is 0 Å². The van der Waals surface area contributed by atoms with Crippen LogP contribution in [0, 0.1) is 0 Å². The van der Waals surface area contributed by atoms with Gasteiger partial charge in [0.1, 0.15) is 0 Å². The summed E-state index contributed by atoms with van der Waals surface area (Å²) in [6.07, 6.45) is -1.14. The van der Waals surface area contributed by atoms with E-state index in [1.54, 1.807) is 38.1 Å². The van der Waals surface area contributed by atoms with Crippen LogP contribution in [0.3, 0.4) is 0 Å². The van der Waals surface area contributed by atoms with Crippen LogP contribution >= 0.6 is 0 Å². The molecule has 160 valence electrons. The van der Waals surface area contributed by atoms with Crippen LogP contribution in [0.1, 0.15) is 47.7 Å². The van der Waals surface area contributed by atoms with Gasteiger partial charge in [-0.3, -0.25) is 14.4 Å². The molecular weight excluding hydrogens is 400 g/mol. The van der Waals surface area contributed by atoms with E-state index in [1.807, 2.05) is 0 Å². The summed E-state index contributed by atoms with van der Waals surface area (Å²) in [6.45, 7) is 4.97. The van der Waals surface area contributed by atoms with E-state index < -0.39 is 23.9 Å². The molecule has 0 saturated carbocycles. The first-order chi connectivity index (χ1) is 14.7. The van der Waals surface area contributed by atoms with E-state index in [9.17, 15) is 19.2 Å². The van der Waals surface area contributed by atoms with Gasteiger partial charge >= 0.3 is 5.97 Å². The van der Waals surface area contributed by atoms with Gasteiger partial charge in [0.25, 0.3) is 11.5 Å². The van der Waals surface area contributed by atoms with Crippen molar-refractivity contribution in [3.05, 3.63) is 70.1 Å². The van der Waals surface area contributed by atoms with Crippen molar-refractivity contribution >= 4 is 34.2 Å². The van der Waals surface area contributed by atoms with Crippen LogP contribution in [-0.4, -0.2) is 33.7 Å². The second-order valence-corrected chi connectivity index (χ2v) is 7.22. The van der Waals surface area contributed by atoms with Gasteiger partial charge < -0.3 is 15.8 Å². The highest BCUT2D eigenvalue weighted by Gasteiger charge is 2.24. The lowest BCUT2D eigenvalue weighted by Gasteiger charge is -2.16. The van der Waals surface area contributed by atoms with Crippen molar-refractivity contribution in [3.8, 4) is 0 Å². The molecule has 1 heterocycles. The average molecular weight is 422 g/mol. The lowest BCUT2D eigenvalue weighted by atomic mass is 10.1. The van der Waals surface area contributed by atoms with Gasteiger partial charge in [0.05, 0.1) is 11.4 Å². The van der Waals surface area contributed by atoms with Crippen molar-refractivity contribution in [2.45, 2.75) is 32.9 Å². The van der Waals surface area contributed by atoms with Crippen molar-refractivity contribution in [3.63, 3.8) is 0 Å².